The van der Waals surface area contributed by atoms with Crippen molar-refractivity contribution in [3.05, 3.63) is 61.2 Å². The molecule has 6 N–H and O–H groups in total. The first-order chi connectivity index (χ1) is 27.8. The zero-order valence-corrected chi connectivity index (χ0v) is 34.8. The zero-order chi connectivity index (χ0) is 42.6. The Kier molecular flexibility index (Phi) is 20.4. The number of allylic oxidation sites excluding steroid dienone is 2. The first kappa shape index (κ1) is 47.6. The molecule has 1 aromatic rings. The van der Waals surface area contributed by atoms with Gasteiger partial charge in [0, 0.05) is 13.1 Å². The number of hydrogen-bond acceptors (Lipinski definition) is 9. The van der Waals surface area contributed by atoms with Gasteiger partial charge in [-0.05, 0) is 70.3 Å². The molecule has 1 unspecified atom stereocenters. The SMILES string of the molecule is C=CCC[C@H]1OC[C@@H](C)NC(=O)[C@H](C(C)OCc2ccccc2)NC(=O)[C@H](COC(N)=O)NC(=O)[C@H](C2CCCCC2)NC(=O)[C@H](CCC)N(C)C(=O)[C@@H]1CCC=C. The van der Waals surface area contributed by atoms with Gasteiger partial charge in [0.05, 0.1) is 31.3 Å². The molecule has 8 atom stereocenters. The predicted molar refractivity (Wildman–Crippen MR) is 220 cm³/mol. The van der Waals surface area contributed by atoms with E-state index < -0.39 is 84.7 Å². The fourth-order valence-corrected chi connectivity index (χ4v) is 7.55. The van der Waals surface area contributed by atoms with E-state index in [2.05, 4.69) is 34.4 Å². The summed E-state index contributed by atoms with van der Waals surface area (Å²) in [4.78, 5) is 84.5. The van der Waals surface area contributed by atoms with Gasteiger partial charge in [0.1, 0.15) is 30.8 Å². The van der Waals surface area contributed by atoms with E-state index in [1.807, 2.05) is 37.3 Å². The number of ether oxygens (including phenoxy) is 3. The van der Waals surface area contributed by atoms with Crippen LogP contribution in [0.3, 0.4) is 0 Å². The Morgan fingerprint density at radius 3 is 2.22 bits per heavy atom. The van der Waals surface area contributed by atoms with Crippen LogP contribution in [0.25, 0.3) is 0 Å². The summed E-state index contributed by atoms with van der Waals surface area (Å²) in [5, 5.41) is 11.3. The Balaban J connectivity index is 2.12. The van der Waals surface area contributed by atoms with Crippen molar-refractivity contribution in [2.75, 3.05) is 20.3 Å². The molecule has 1 saturated heterocycles. The average molecular weight is 811 g/mol. The third-order valence-corrected chi connectivity index (χ3v) is 10.9. The largest absolute Gasteiger partial charge is 0.447 e. The van der Waals surface area contributed by atoms with Crippen molar-refractivity contribution in [3.8, 4) is 0 Å². The van der Waals surface area contributed by atoms with Crippen LogP contribution in [0.4, 0.5) is 4.79 Å². The maximum Gasteiger partial charge on any atom is 0.404 e. The number of likely N-dealkylation sites (N-methyl/N-ethyl adjacent to an activating group) is 1. The lowest BCUT2D eigenvalue weighted by atomic mass is 9.83. The molecular weight excluding hydrogens is 745 g/mol. The number of primary amides is 1. The normalized spacial score (nSPS) is 26.7. The van der Waals surface area contributed by atoms with Gasteiger partial charge in [-0.25, -0.2) is 4.79 Å². The summed E-state index contributed by atoms with van der Waals surface area (Å²) < 4.78 is 17.6. The van der Waals surface area contributed by atoms with Crippen LogP contribution in [0.2, 0.25) is 0 Å². The Morgan fingerprint density at radius 1 is 0.914 bits per heavy atom. The van der Waals surface area contributed by atoms with Gasteiger partial charge in [0.25, 0.3) is 0 Å². The number of amides is 6. The first-order valence-corrected chi connectivity index (χ1v) is 20.7. The topological polar surface area (TPSA) is 207 Å². The van der Waals surface area contributed by atoms with Crippen molar-refractivity contribution in [2.45, 2.75) is 140 Å². The molecule has 2 fully saturated rings. The zero-order valence-electron chi connectivity index (χ0n) is 34.8. The van der Waals surface area contributed by atoms with E-state index >= 15 is 0 Å². The molecule has 0 spiro atoms. The summed E-state index contributed by atoms with van der Waals surface area (Å²) in [6.45, 7) is 12.5. The van der Waals surface area contributed by atoms with Gasteiger partial charge in [-0.2, -0.15) is 0 Å². The number of carbonyl (C=O) groups is 6. The van der Waals surface area contributed by atoms with Gasteiger partial charge in [-0.3, -0.25) is 24.0 Å². The third-order valence-electron chi connectivity index (χ3n) is 10.9. The molecule has 1 aliphatic heterocycles. The number of rotatable bonds is 15. The number of hydrogen-bond donors (Lipinski definition) is 5. The van der Waals surface area contributed by atoms with Crippen LogP contribution in [0.5, 0.6) is 0 Å². The second kappa shape index (κ2) is 24.9. The highest BCUT2D eigenvalue weighted by atomic mass is 16.5. The Bertz CT molecular complexity index is 1520. The van der Waals surface area contributed by atoms with Gasteiger partial charge in [0.15, 0.2) is 0 Å². The maximum absolute atomic E-state index is 14.5. The summed E-state index contributed by atoms with van der Waals surface area (Å²) in [5.74, 6) is -3.86. The molecule has 1 aliphatic carbocycles. The van der Waals surface area contributed by atoms with E-state index in [1.54, 1.807) is 33.0 Å². The van der Waals surface area contributed by atoms with Gasteiger partial charge >= 0.3 is 6.09 Å². The van der Waals surface area contributed by atoms with Crippen LogP contribution in [-0.2, 0) is 44.8 Å². The third kappa shape index (κ3) is 14.9. The minimum absolute atomic E-state index is 0.0160. The molecule has 15 heteroatoms. The minimum atomic E-state index is -1.51. The van der Waals surface area contributed by atoms with Crippen molar-refractivity contribution in [1.82, 2.24) is 26.2 Å². The molecule has 2 aliphatic rings. The van der Waals surface area contributed by atoms with Crippen molar-refractivity contribution in [3.63, 3.8) is 0 Å². The lowest BCUT2D eigenvalue weighted by Crippen LogP contribution is -2.62. The quantitative estimate of drug-likeness (QED) is 0.163. The number of nitrogens with two attached hydrogens (primary N) is 1. The van der Waals surface area contributed by atoms with Crippen molar-refractivity contribution < 1.29 is 43.0 Å². The number of nitrogens with one attached hydrogen (secondary N) is 4. The molecule has 1 heterocycles. The van der Waals surface area contributed by atoms with Crippen LogP contribution >= 0.6 is 0 Å². The summed E-state index contributed by atoms with van der Waals surface area (Å²) in [6, 6.07) is 3.91. The van der Waals surface area contributed by atoms with Gasteiger partial charge in [0.2, 0.25) is 29.5 Å². The Hall–Kier alpha value is -4.76. The standard InChI is InChI=1S/C43H66N6O9/c1-7-10-23-32-35(24-11-8-2)57-25-28(4)45-40(52)36(29(5)56-26-30-19-14-12-15-20-30)47-38(50)33(27-58-43(44)55)46-41(53)37(31-21-16-13-17-22-31)48-39(51)34(18-9-3)49(6)42(32)54/h7-8,12,14-15,19-20,28-29,31-37H,1-2,9-11,13,16-18,21-27H2,3-6H3,(H2,44,55)(H,45,52)(H,46,53)(H,47,50)(H,48,51)/t28-,29?,32-,33+,34+,35-,36+,37+/m1/s1. The molecule has 15 nitrogen and oxygen atoms in total. The highest BCUT2D eigenvalue weighted by Crippen LogP contribution is 2.28. The second-order valence-corrected chi connectivity index (χ2v) is 15.4. The summed E-state index contributed by atoms with van der Waals surface area (Å²) in [7, 11) is 1.59. The van der Waals surface area contributed by atoms with E-state index in [0.29, 0.717) is 51.4 Å². The van der Waals surface area contributed by atoms with Gasteiger partial charge in [-0.15, -0.1) is 13.2 Å². The van der Waals surface area contributed by atoms with Crippen LogP contribution in [0.1, 0.15) is 97.0 Å². The molecule has 1 saturated carbocycles. The van der Waals surface area contributed by atoms with Crippen LogP contribution in [-0.4, -0.2) is 103 Å². The number of carbonyl (C=O) groups excluding carboxylic acids is 6. The van der Waals surface area contributed by atoms with Crippen molar-refractivity contribution >= 4 is 35.6 Å². The second-order valence-electron chi connectivity index (χ2n) is 15.4. The van der Waals surface area contributed by atoms with Crippen molar-refractivity contribution in [2.24, 2.45) is 17.6 Å². The Labute approximate surface area is 343 Å². The molecule has 1 aromatic carbocycles. The minimum Gasteiger partial charge on any atom is -0.447 e. The summed E-state index contributed by atoms with van der Waals surface area (Å²) in [6.07, 6.45) is 7.57. The highest BCUT2D eigenvalue weighted by Gasteiger charge is 2.40. The molecule has 0 bridgehead atoms. The predicted octanol–water partition coefficient (Wildman–Crippen LogP) is 3.80. The van der Waals surface area contributed by atoms with Crippen LogP contribution in [0.15, 0.2) is 55.6 Å². The molecule has 0 aromatic heterocycles. The summed E-state index contributed by atoms with van der Waals surface area (Å²) in [5.41, 5.74) is 6.12. The van der Waals surface area contributed by atoms with E-state index in [0.717, 1.165) is 24.8 Å². The average Bonchev–Trinajstić information content (AvgIpc) is 3.21. The fourth-order valence-electron chi connectivity index (χ4n) is 7.55. The van der Waals surface area contributed by atoms with E-state index in [4.69, 9.17) is 19.9 Å². The molecule has 0 radical (unpaired) electrons. The van der Waals surface area contributed by atoms with Gasteiger partial charge in [-0.1, -0.05) is 75.1 Å². The monoisotopic (exact) mass is 810 g/mol. The lowest BCUT2D eigenvalue weighted by Gasteiger charge is -2.36. The maximum atomic E-state index is 14.5. The number of benzene rings is 1. The molecule has 58 heavy (non-hydrogen) atoms. The smallest absolute Gasteiger partial charge is 0.404 e. The van der Waals surface area contributed by atoms with E-state index in [9.17, 15) is 28.8 Å². The molecular formula is C43H66N6O9. The molecule has 3 rings (SSSR count). The number of nitrogens with zero attached hydrogens (tertiary/aromatic N) is 1. The highest BCUT2D eigenvalue weighted by molar-refractivity contribution is 5.96. The van der Waals surface area contributed by atoms with Gasteiger partial charge < -0.3 is 46.1 Å². The summed E-state index contributed by atoms with van der Waals surface area (Å²) >= 11 is 0. The van der Waals surface area contributed by atoms with Crippen LogP contribution in [0, 0.1) is 11.8 Å². The van der Waals surface area contributed by atoms with Crippen molar-refractivity contribution in [1.29, 1.82) is 0 Å². The first-order valence-electron chi connectivity index (χ1n) is 20.7. The van der Waals surface area contributed by atoms with E-state index in [-0.39, 0.29) is 25.0 Å². The van der Waals surface area contributed by atoms with E-state index in [1.165, 1.54) is 4.90 Å². The van der Waals surface area contributed by atoms with Crippen LogP contribution < -0.4 is 27.0 Å². The lowest BCUT2D eigenvalue weighted by molar-refractivity contribution is -0.148. The molecule has 6 amide bonds. The fraction of sp³-hybridized carbons (Fsp3) is 0.628. The molecule has 322 valence electrons. The Morgan fingerprint density at radius 2 is 1.59 bits per heavy atom.